The minimum Gasteiger partial charge on any atom is -0.333 e. The first-order chi connectivity index (χ1) is 12.3. The average Bonchev–Trinajstić information content (AvgIpc) is 3.17. The average molecular weight is 380 g/mol. The van der Waals surface area contributed by atoms with Gasteiger partial charge in [0.1, 0.15) is 0 Å². The first kappa shape index (κ1) is 18.3. The van der Waals surface area contributed by atoms with Crippen molar-refractivity contribution in [1.82, 2.24) is 15.1 Å². The number of amides is 1. The number of aromatic nitrogens is 2. The van der Waals surface area contributed by atoms with Crippen LogP contribution in [0.4, 0.5) is 5.69 Å². The van der Waals surface area contributed by atoms with Crippen LogP contribution in [0.3, 0.4) is 0 Å². The van der Waals surface area contributed by atoms with Crippen LogP contribution in [0.15, 0.2) is 18.2 Å². The summed E-state index contributed by atoms with van der Waals surface area (Å²) in [4.78, 5) is 25.1. The topological polar surface area (TPSA) is 126 Å². The number of H-pyrrole nitrogens is 1. The van der Waals surface area contributed by atoms with Gasteiger partial charge in [0.05, 0.1) is 21.9 Å². The molecule has 1 atom stereocenters. The zero-order valence-electron chi connectivity index (χ0n) is 14.3. The highest BCUT2D eigenvalue weighted by molar-refractivity contribution is 7.91. The van der Waals surface area contributed by atoms with Crippen molar-refractivity contribution in [2.45, 2.75) is 32.2 Å². The molecule has 1 unspecified atom stereocenters. The Morgan fingerprint density at radius 2 is 2.23 bits per heavy atom. The molecule has 2 heterocycles. The van der Waals surface area contributed by atoms with Crippen LogP contribution in [-0.4, -0.2) is 58.4 Å². The number of sulfone groups is 1. The van der Waals surface area contributed by atoms with E-state index in [0.717, 1.165) is 12.8 Å². The number of nitro benzene ring substituents is 1. The summed E-state index contributed by atoms with van der Waals surface area (Å²) in [7, 11) is -3.14. The maximum absolute atomic E-state index is 13.1. The van der Waals surface area contributed by atoms with Gasteiger partial charge >= 0.3 is 0 Å². The van der Waals surface area contributed by atoms with Crippen molar-refractivity contribution in [2.24, 2.45) is 0 Å². The first-order valence-corrected chi connectivity index (χ1v) is 10.3. The summed E-state index contributed by atoms with van der Waals surface area (Å²) in [6.07, 6.45) is 2.00. The standard InChI is InChI=1S/C16H20N4O5S/c1-2-3-7-19(12-6-8-26(24,25)10-12)16(21)15-13-9-11(20(22)23)4-5-14(13)17-18-15/h4-5,9,12H,2-3,6-8,10H2,1H3,(H,17,18). The Labute approximate surface area is 150 Å². The third-order valence-electron chi connectivity index (χ3n) is 4.62. The maximum Gasteiger partial charge on any atom is 0.275 e. The van der Waals surface area contributed by atoms with Crippen LogP contribution in [0, 0.1) is 10.1 Å². The minimum atomic E-state index is -3.14. The van der Waals surface area contributed by atoms with Gasteiger partial charge in [-0.2, -0.15) is 5.10 Å². The predicted molar refractivity (Wildman–Crippen MR) is 95.8 cm³/mol. The Balaban J connectivity index is 1.97. The highest BCUT2D eigenvalue weighted by Crippen LogP contribution is 2.26. The molecule has 1 aromatic heterocycles. The molecule has 140 valence electrons. The van der Waals surface area contributed by atoms with Crippen LogP contribution in [-0.2, 0) is 9.84 Å². The third kappa shape index (κ3) is 3.55. The van der Waals surface area contributed by atoms with Crippen LogP contribution < -0.4 is 0 Å². The van der Waals surface area contributed by atoms with Gasteiger partial charge in [0, 0.05) is 30.1 Å². The van der Waals surface area contributed by atoms with E-state index >= 15 is 0 Å². The summed E-state index contributed by atoms with van der Waals surface area (Å²) in [5.74, 6) is -0.377. The Bertz CT molecular complexity index is 953. The lowest BCUT2D eigenvalue weighted by atomic mass is 10.1. The number of non-ortho nitro benzene ring substituents is 1. The molecule has 26 heavy (non-hydrogen) atoms. The van der Waals surface area contributed by atoms with E-state index in [1.54, 1.807) is 4.90 Å². The molecular formula is C16H20N4O5S. The van der Waals surface area contributed by atoms with Crippen molar-refractivity contribution in [2.75, 3.05) is 18.1 Å². The van der Waals surface area contributed by atoms with Gasteiger partial charge in [-0.05, 0) is 18.9 Å². The third-order valence-corrected chi connectivity index (χ3v) is 6.37. The van der Waals surface area contributed by atoms with Gasteiger partial charge in [-0.15, -0.1) is 0 Å². The monoisotopic (exact) mass is 380 g/mol. The van der Waals surface area contributed by atoms with Crippen molar-refractivity contribution in [3.63, 3.8) is 0 Å². The van der Waals surface area contributed by atoms with Crippen molar-refractivity contribution >= 4 is 32.3 Å². The van der Waals surface area contributed by atoms with Crippen molar-refractivity contribution < 1.29 is 18.1 Å². The van der Waals surface area contributed by atoms with Gasteiger partial charge in [-0.3, -0.25) is 20.0 Å². The smallest absolute Gasteiger partial charge is 0.275 e. The molecule has 0 bridgehead atoms. The van der Waals surface area contributed by atoms with Gasteiger partial charge < -0.3 is 4.90 Å². The van der Waals surface area contributed by atoms with E-state index in [1.807, 2.05) is 6.92 Å². The molecule has 0 radical (unpaired) electrons. The lowest BCUT2D eigenvalue weighted by Crippen LogP contribution is -2.42. The quantitative estimate of drug-likeness (QED) is 0.602. The number of hydrogen-bond acceptors (Lipinski definition) is 6. The Morgan fingerprint density at radius 1 is 1.46 bits per heavy atom. The number of rotatable bonds is 6. The van der Waals surface area contributed by atoms with Crippen LogP contribution in [0.25, 0.3) is 10.9 Å². The molecule has 1 aliphatic heterocycles. The van der Waals surface area contributed by atoms with E-state index in [-0.39, 0.29) is 28.9 Å². The van der Waals surface area contributed by atoms with Gasteiger partial charge in [-0.1, -0.05) is 13.3 Å². The fourth-order valence-corrected chi connectivity index (χ4v) is 4.94. The van der Waals surface area contributed by atoms with Crippen LogP contribution in [0.2, 0.25) is 0 Å². The van der Waals surface area contributed by atoms with E-state index in [1.165, 1.54) is 18.2 Å². The maximum atomic E-state index is 13.1. The molecule has 0 spiro atoms. The van der Waals surface area contributed by atoms with Gasteiger partial charge in [-0.25, -0.2) is 8.42 Å². The molecule has 3 rings (SSSR count). The van der Waals surface area contributed by atoms with E-state index in [4.69, 9.17) is 0 Å². The number of nitrogens with one attached hydrogen (secondary N) is 1. The highest BCUT2D eigenvalue weighted by atomic mass is 32.2. The molecule has 1 aliphatic rings. The number of carbonyl (C=O) groups is 1. The summed E-state index contributed by atoms with van der Waals surface area (Å²) in [5, 5.41) is 18.1. The fraction of sp³-hybridized carbons (Fsp3) is 0.500. The summed E-state index contributed by atoms with van der Waals surface area (Å²) < 4.78 is 23.7. The van der Waals surface area contributed by atoms with Gasteiger partial charge in [0.15, 0.2) is 15.5 Å². The number of aromatic amines is 1. The second-order valence-electron chi connectivity index (χ2n) is 6.47. The zero-order valence-corrected chi connectivity index (χ0v) is 15.2. The molecule has 1 N–H and O–H groups in total. The molecule has 1 fully saturated rings. The number of benzene rings is 1. The summed E-state index contributed by atoms with van der Waals surface area (Å²) in [6.45, 7) is 2.42. The second-order valence-corrected chi connectivity index (χ2v) is 8.70. The number of unbranched alkanes of at least 4 members (excludes halogenated alkanes) is 1. The molecule has 2 aromatic rings. The normalized spacial score (nSPS) is 18.9. The van der Waals surface area contributed by atoms with E-state index in [0.29, 0.717) is 23.9 Å². The highest BCUT2D eigenvalue weighted by Gasteiger charge is 2.36. The van der Waals surface area contributed by atoms with Crippen molar-refractivity contribution in [3.8, 4) is 0 Å². The number of nitrogens with zero attached hydrogens (tertiary/aromatic N) is 3. The molecule has 0 aliphatic carbocycles. The molecule has 1 amide bonds. The van der Waals surface area contributed by atoms with Crippen LogP contribution >= 0.6 is 0 Å². The summed E-state index contributed by atoms with van der Waals surface area (Å²) in [6, 6.07) is 3.78. The number of nitro groups is 1. The zero-order chi connectivity index (χ0) is 18.9. The summed E-state index contributed by atoms with van der Waals surface area (Å²) in [5.41, 5.74) is 0.481. The molecule has 0 saturated carbocycles. The first-order valence-electron chi connectivity index (χ1n) is 8.46. The fourth-order valence-electron chi connectivity index (χ4n) is 3.21. The number of fused-ring (bicyclic) bond motifs is 1. The number of carbonyl (C=O) groups excluding carboxylic acids is 1. The second kappa shape index (κ2) is 7.02. The van der Waals surface area contributed by atoms with E-state index in [9.17, 15) is 23.3 Å². The minimum absolute atomic E-state index is 0.0506. The Kier molecular flexibility index (Phi) is 4.94. The largest absolute Gasteiger partial charge is 0.333 e. The van der Waals surface area contributed by atoms with Crippen LogP contribution in [0.5, 0.6) is 0 Å². The van der Waals surface area contributed by atoms with Crippen molar-refractivity contribution in [3.05, 3.63) is 34.0 Å². The lowest BCUT2D eigenvalue weighted by molar-refractivity contribution is -0.384. The number of hydrogen-bond donors (Lipinski definition) is 1. The summed E-state index contributed by atoms with van der Waals surface area (Å²) >= 11 is 0. The lowest BCUT2D eigenvalue weighted by Gasteiger charge is -2.27. The van der Waals surface area contributed by atoms with E-state index < -0.39 is 20.7 Å². The molecule has 1 saturated heterocycles. The van der Waals surface area contributed by atoms with Crippen molar-refractivity contribution in [1.29, 1.82) is 0 Å². The molecular weight excluding hydrogens is 360 g/mol. The predicted octanol–water partition coefficient (Wildman–Crippen LogP) is 1.90. The molecule has 9 nitrogen and oxygen atoms in total. The SMILES string of the molecule is CCCCN(C(=O)c1n[nH]c2ccc([N+](=O)[O-])cc12)C1CCS(=O)(=O)C1. The molecule has 10 heteroatoms. The molecule has 1 aromatic carbocycles. The van der Waals surface area contributed by atoms with Gasteiger partial charge in [0.2, 0.25) is 0 Å². The van der Waals surface area contributed by atoms with Crippen LogP contribution in [0.1, 0.15) is 36.7 Å². The van der Waals surface area contributed by atoms with Gasteiger partial charge in [0.25, 0.3) is 11.6 Å². The van der Waals surface area contributed by atoms with E-state index in [2.05, 4.69) is 10.2 Å². The Hall–Kier alpha value is -2.49. The Morgan fingerprint density at radius 3 is 2.85 bits per heavy atom.